The zero-order chi connectivity index (χ0) is 21.0. The second-order valence-corrected chi connectivity index (χ2v) is 7.27. The number of ether oxygens (including phenoxy) is 1. The lowest BCUT2D eigenvalue weighted by molar-refractivity contribution is -0.137. The molecule has 0 spiro atoms. The molecule has 2 aromatic rings. The van der Waals surface area contributed by atoms with E-state index < -0.39 is 11.7 Å². The third-order valence-corrected chi connectivity index (χ3v) is 5.03. The van der Waals surface area contributed by atoms with Crippen LogP contribution in [-0.4, -0.2) is 55.2 Å². The summed E-state index contributed by atoms with van der Waals surface area (Å²) in [7, 11) is 0. The van der Waals surface area contributed by atoms with E-state index >= 15 is 0 Å². The Morgan fingerprint density at radius 3 is 2.41 bits per heavy atom. The van der Waals surface area contributed by atoms with Gasteiger partial charge in [-0.25, -0.2) is 9.78 Å². The van der Waals surface area contributed by atoms with Crippen molar-refractivity contribution in [2.75, 3.05) is 44.2 Å². The monoisotopic (exact) mass is 427 g/mol. The average molecular weight is 428 g/mol. The maximum atomic E-state index is 12.7. The minimum atomic E-state index is -4.47. The zero-order valence-electron chi connectivity index (χ0n) is 15.9. The molecule has 1 aliphatic heterocycles. The number of nitrogens with zero attached hydrogens (tertiary/aromatic N) is 3. The summed E-state index contributed by atoms with van der Waals surface area (Å²) in [6, 6.07) is 8.09. The molecule has 5 nitrogen and oxygen atoms in total. The van der Waals surface area contributed by atoms with Crippen molar-refractivity contribution in [3.05, 3.63) is 58.2 Å². The van der Waals surface area contributed by atoms with Gasteiger partial charge >= 0.3 is 12.1 Å². The van der Waals surface area contributed by atoms with Crippen LogP contribution >= 0.6 is 11.6 Å². The van der Waals surface area contributed by atoms with E-state index in [2.05, 4.69) is 9.88 Å². The van der Waals surface area contributed by atoms with E-state index in [9.17, 15) is 18.0 Å². The number of aromatic nitrogens is 1. The lowest BCUT2D eigenvalue weighted by Crippen LogP contribution is -2.47. The van der Waals surface area contributed by atoms with Crippen molar-refractivity contribution in [1.29, 1.82) is 0 Å². The van der Waals surface area contributed by atoms with Crippen molar-refractivity contribution in [3.63, 3.8) is 0 Å². The molecule has 1 aromatic carbocycles. The average Bonchev–Trinajstić information content (AvgIpc) is 2.68. The van der Waals surface area contributed by atoms with Gasteiger partial charge in [0.05, 0.1) is 16.1 Å². The fraction of sp³-hybridized carbons (Fsp3) is 0.400. The number of alkyl halides is 3. The van der Waals surface area contributed by atoms with Gasteiger partial charge in [0.25, 0.3) is 0 Å². The largest absolute Gasteiger partial charge is 0.461 e. The first-order valence-corrected chi connectivity index (χ1v) is 9.55. The fourth-order valence-electron chi connectivity index (χ4n) is 3.04. The van der Waals surface area contributed by atoms with Crippen LogP contribution in [0, 0.1) is 6.92 Å². The minimum absolute atomic E-state index is 0.0136. The minimum Gasteiger partial charge on any atom is -0.461 e. The highest BCUT2D eigenvalue weighted by molar-refractivity contribution is 6.33. The van der Waals surface area contributed by atoms with Gasteiger partial charge in [0.1, 0.15) is 12.4 Å². The number of halogens is 4. The van der Waals surface area contributed by atoms with Crippen molar-refractivity contribution in [3.8, 4) is 0 Å². The van der Waals surface area contributed by atoms with E-state index in [0.29, 0.717) is 44.1 Å². The Balaban J connectivity index is 1.46. The van der Waals surface area contributed by atoms with E-state index in [1.54, 1.807) is 12.1 Å². The summed E-state index contributed by atoms with van der Waals surface area (Å²) in [5.41, 5.74) is 0.728. The molecular formula is C20H21ClF3N3O2. The normalized spacial score (nSPS) is 15.4. The quantitative estimate of drug-likeness (QED) is 0.674. The molecule has 1 fully saturated rings. The second kappa shape index (κ2) is 9.00. The molecule has 1 aliphatic rings. The summed E-state index contributed by atoms with van der Waals surface area (Å²) in [6.07, 6.45) is -3.66. The number of carbonyl (C=O) groups excluding carboxylic acids is 1. The van der Waals surface area contributed by atoms with Crippen molar-refractivity contribution in [2.45, 2.75) is 13.1 Å². The van der Waals surface area contributed by atoms with Gasteiger partial charge in [0, 0.05) is 38.9 Å². The fourth-order valence-corrected chi connectivity index (χ4v) is 3.33. The molecule has 1 saturated heterocycles. The molecule has 0 atom stereocenters. The molecular weight excluding hydrogens is 407 g/mol. The van der Waals surface area contributed by atoms with Gasteiger partial charge in [-0.15, -0.1) is 0 Å². The first kappa shape index (κ1) is 21.4. The van der Waals surface area contributed by atoms with E-state index in [-0.39, 0.29) is 17.6 Å². The van der Waals surface area contributed by atoms with Crippen LogP contribution in [-0.2, 0) is 10.9 Å². The number of rotatable bonds is 5. The van der Waals surface area contributed by atoms with E-state index in [0.717, 1.165) is 17.8 Å². The number of hydrogen-bond acceptors (Lipinski definition) is 5. The summed E-state index contributed by atoms with van der Waals surface area (Å²) < 4.78 is 43.5. The smallest absolute Gasteiger partial charge is 0.417 e. The van der Waals surface area contributed by atoms with Crippen molar-refractivity contribution >= 4 is 23.4 Å². The molecule has 1 aromatic heterocycles. The SMILES string of the molecule is Cc1ccc(C(=O)OCCN2CCN(c3ncc(C(F)(F)F)cc3Cl)CC2)cc1. The first-order valence-electron chi connectivity index (χ1n) is 9.18. The topological polar surface area (TPSA) is 45.7 Å². The van der Waals surface area contributed by atoms with Gasteiger partial charge < -0.3 is 9.64 Å². The van der Waals surface area contributed by atoms with Crippen LogP contribution in [0.15, 0.2) is 36.5 Å². The molecule has 156 valence electrons. The molecule has 3 rings (SSSR count). The molecule has 0 amide bonds. The van der Waals surface area contributed by atoms with Crippen molar-refractivity contribution in [1.82, 2.24) is 9.88 Å². The number of aryl methyl sites for hydroxylation is 1. The lowest BCUT2D eigenvalue weighted by Gasteiger charge is -2.35. The maximum Gasteiger partial charge on any atom is 0.417 e. The molecule has 9 heteroatoms. The molecule has 0 saturated carbocycles. The zero-order valence-corrected chi connectivity index (χ0v) is 16.6. The number of piperazine rings is 1. The molecule has 0 unspecified atom stereocenters. The number of anilines is 1. The van der Waals surface area contributed by atoms with Gasteiger partial charge in [0.2, 0.25) is 0 Å². The Hall–Kier alpha value is -2.32. The number of carbonyl (C=O) groups is 1. The van der Waals surface area contributed by atoms with Gasteiger partial charge in [-0.05, 0) is 25.1 Å². The number of benzene rings is 1. The highest BCUT2D eigenvalue weighted by Crippen LogP contribution is 2.33. The van der Waals surface area contributed by atoms with Crippen LogP contribution in [0.3, 0.4) is 0 Å². The predicted octanol–water partition coefficient (Wildman–Crippen LogP) is 4.04. The molecule has 0 radical (unpaired) electrons. The standard InChI is InChI=1S/C20H21ClF3N3O2/c1-14-2-4-15(5-3-14)19(28)29-11-10-26-6-8-27(9-7-26)18-17(21)12-16(13-25-18)20(22,23)24/h2-5,12-13H,6-11H2,1H3. The first-order chi connectivity index (χ1) is 13.7. The number of pyridine rings is 1. The Morgan fingerprint density at radius 2 is 1.83 bits per heavy atom. The maximum absolute atomic E-state index is 12.7. The molecule has 29 heavy (non-hydrogen) atoms. The summed E-state index contributed by atoms with van der Waals surface area (Å²) >= 11 is 6.02. The summed E-state index contributed by atoms with van der Waals surface area (Å²) in [5.74, 6) is -0.00510. The van der Waals surface area contributed by atoms with Gasteiger partial charge in [-0.3, -0.25) is 4.90 Å². The van der Waals surface area contributed by atoms with E-state index in [1.165, 1.54) is 0 Å². The third-order valence-electron chi connectivity index (χ3n) is 4.75. The Morgan fingerprint density at radius 1 is 1.17 bits per heavy atom. The van der Waals surface area contributed by atoms with Crippen LogP contribution < -0.4 is 4.90 Å². The molecule has 0 N–H and O–H groups in total. The highest BCUT2D eigenvalue weighted by atomic mass is 35.5. The van der Waals surface area contributed by atoms with Crippen LogP contribution in [0.4, 0.5) is 19.0 Å². The van der Waals surface area contributed by atoms with Crippen LogP contribution in [0.5, 0.6) is 0 Å². The van der Waals surface area contributed by atoms with Gasteiger partial charge in [0.15, 0.2) is 0 Å². The highest BCUT2D eigenvalue weighted by Gasteiger charge is 2.32. The molecule has 2 heterocycles. The van der Waals surface area contributed by atoms with E-state index in [4.69, 9.17) is 16.3 Å². The van der Waals surface area contributed by atoms with Crippen molar-refractivity contribution in [2.24, 2.45) is 0 Å². The van der Waals surface area contributed by atoms with Crippen molar-refractivity contribution < 1.29 is 22.7 Å². The summed E-state index contributed by atoms with van der Waals surface area (Å²) in [5, 5.41) is -0.0136. The Bertz CT molecular complexity index is 851. The second-order valence-electron chi connectivity index (χ2n) is 6.86. The summed E-state index contributed by atoms with van der Waals surface area (Å²) in [6.45, 7) is 5.28. The lowest BCUT2D eigenvalue weighted by atomic mass is 10.1. The van der Waals surface area contributed by atoms with Gasteiger partial charge in [-0.2, -0.15) is 13.2 Å². The van der Waals surface area contributed by atoms with E-state index in [1.807, 2.05) is 24.0 Å². The van der Waals surface area contributed by atoms with Crippen LogP contribution in [0.1, 0.15) is 21.5 Å². The molecule has 0 bridgehead atoms. The Kier molecular flexibility index (Phi) is 6.64. The van der Waals surface area contributed by atoms with Crippen LogP contribution in [0.25, 0.3) is 0 Å². The number of hydrogen-bond donors (Lipinski definition) is 0. The van der Waals surface area contributed by atoms with Gasteiger partial charge in [-0.1, -0.05) is 29.3 Å². The van der Waals surface area contributed by atoms with Crippen LogP contribution in [0.2, 0.25) is 5.02 Å². The third kappa shape index (κ3) is 5.61. The predicted molar refractivity (Wildman–Crippen MR) is 104 cm³/mol. The Labute approximate surface area is 172 Å². The number of esters is 1. The molecule has 0 aliphatic carbocycles. The summed E-state index contributed by atoms with van der Waals surface area (Å²) in [4.78, 5) is 19.9.